The standard InChI is InChI=1S/C22H18N4O6S/c1-12-13(2)25-32-19(12)21(28)26-33(29,30)18-6-4-3-5-16(18)14-7-9-15(10-8-14)22-24-17(11-31-22)20(23)27/h3-11H,1-2H3,(H2,23,27)(H,26,28). The number of aromatic nitrogens is 2. The maximum absolute atomic E-state index is 13.0. The molecule has 4 rings (SSSR count). The summed E-state index contributed by atoms with van der Waals surface area (Å²) in [5, 5.41) is 3.68. The number of hydrogen-bond acceptors (Lipinski definition) is 8. The van der Waals surface area contributed by atoms with Gasteiger partial charge in [-0.05, 0) is 37.6 Å². The summed E-state index contributed by atoms with van der Waals surface area (Å²) in [6, 6.07) is 12.9. The third-order valence-electron chi connectivity index (χ3n) is 4.97. The van der Waals surface area contributed by atoms with Gasteiger partial charge in [0.05, 0.1) is 10.6 Å². The van der Waals surface area contributed by atoms with Gasteiger partial charge in [0.25, 0.3) is 15.9 Å². The van der Waals surface area contributed by atoms with E-state index in [1.54, 1.807) is 56.3 Å². The molecule has 11 heteroatoms. The molecule has 2 amide bonds. The quantitative estimate of drug-likeness (QED) is 0.439. The molecule has 33 heavy (non-hydrogen) atoms. The molecule has 0 atom stereocenters. The number of nitrogens with one attached hydrogen (secondary N) is 1. The Hall–Kier alpha value is -4.25. The molecule has 0 bridgehead atoms. The van der Waals surface area contributed by atoms with E-state index >= 15 is 0 Å². The number of rotatable bonds is 6. The second-order valence-corrected chi connectivity index (χ2v) is 8.78. The molecule has 0 spiro atoms. The van der Waals surface area contributed by atoms with E-state index in [0.717, 1.165) is 6.26 Å². The molecule has 0 saturated carbocycles. The van der Waals surface area contributed by atoms with Gasteiger partial charge in [0, 0.05) is 16.7 Å². The number of oxazole rings is 1. The largest absolute Gasteiger partial charge is 0.444 e. The number of hydrogen-bond donors (Lipinski definition) is 2. The molecule has 0 aliphatic carbocycles. The van der Waals surface area contributed by atoms with Crippen LogP contribution < -0.4 is 10.5 Å². The minimum atomic E-state index is -4.23. The van der Waals surface area contributed by atoms with Gasteiger partial charge in [-0.1, -0.05) is 35.5 Å². The lowest BCUT2D eigenvalue weighted by Gasteiger charge is -2.11. The van der Waals surface area contributed by atoms with Crippen LogP contribution in [0.25, 0.3) is 22.6 Å². The van der Waals surface area contributed by atoms with Crippen molar-refractivity contribution in [3.8, 4) is 22.6 Å². The molecule has 0 fully saturated rings. The van der Waals surface area contributed by atoms with Crippen molar-refractivity contribution in [3.63, 3.8) is 0 Å². The predicted octanol–water partition coefficient (Wildman–Crippen LogP) is 2.83. The topological polar surface area (TPSA) is 158 Å². The van der Waals surface area contributed by atoms with Crippen LogP contribution in [-0.4, -0.2) is 30.4 Å². The monoisotopic (exact) mass is 466 g/mol. The fourth-order valence-corrected chi connectivity index (χ4v) is 4.28. The molecular weight excluding hydrogens is 448 g/mol. The van der Waals surface area contributed by atoms with Crippen LogP contribution in [-0.2, 0) is 10.0 Å². The normalized spacial score (nSPS) is 11.3. The fraction of sp³-hybridized carbons (Fsp3) is 0.0909. The molecule has 2 aromatic carbocycles. The minimum absolute atomic E-state index is 0.00144. The molecule has 2 aromatic heterocycles. The van der Waals surface area contributed by atoms with Crippen molar-refractivity contribution in [1.29, 1.82) is 0 Å². The average molecular weight is 466 g/mol. The van der Waals surface area contributed by atoms with Crippen molar-refractivity contribution in [2.24, 2.45) is 5.73 Å². The van der Waals surface area contributed by atoms with E-state index in [1.165, 1.54) is 6.07 Å². The molecule has 2 heterocycles. The van der Waals surface area contributed by atoms with E-state index in [-0.39, 0.29) is 22.2 Å². The Labute approximate surface area is 188 Å². The third-order valence-corrected chi connectivity index (χ3v) is 6.36. The van der Waals surface area contributed by atoms with Gasteiger partial charge in [0.1, 0.15) is 6.26 Å². The van der Waals surface area contributed by atoms with Crippen molar-refractivity contribution >= 4 is 21.8 Å². The third kappa shape index (κ3) is 4.26. The van der Waals surface area contributed by atoms with E-state index < -0.39 is 21.8 Å². The highest BCUT2D eigenvalue weighted by molar-refractivity contribution is 7.90. The Bertz CT molecular complexity index is 1470. The zero-order chi connectivity index (χ0) is 23.8. The Kier molecular flexibility index (Phi) is 5.56. The summed E-state index contributed by atoms with van der Waals surface area (Å²) in [6.45, 7) is 3.26. The van der Waals surface area contributed by atoms with Crippen LogP contribution in [0.15, 0.2) is 68.6 Å². The van der Waals surface area contributed by atoms with Gasteiger partial charge in [-0.15, -0.1) is 0 Å². The lowest BCUT2D eigenvalue weighted by atomic mass is 10.0. The number of carbonyl (C=O) groups is 2. The van der Waals surface area contributed by atoms with Crippen LogP contribution in [0.5, 0.6) is 0 Å². The second kappa shape index (κ2) is 8.36. The molecule has 3 N–H and O–H groups in total. The first-order chi connectivity index (χ1) is 15.7. The molecule has 10 nitrogen and oxygen atoms in total. The molecule has 0 aliphatic heterocycles. The van der Waals surface area contributed by atoms with Gasteiger partial charge in [0.15, 0.2) is 5.69 Å². The maximum Gasteiger partial charge on any atom is 0.303 e. The summed E-state index contributed by atoms with van der Waals surface area (Å²) in [5.41, 5.74) is 7.64. The summed E-state index contributed by atoms with van der Waals surface area (Å²) >= 11 is 0. The van der Waals surface area contributed by atoms with Crippen LogP contribution in [0.1, 0.15) is 32.3 Å². The number of nitrogens with two attached hydrogens (primary N) is 1. The molecule has 0 saturated heterocycles. The fourth-order valence-electron chi connectivity index (χ4n) is 3.10. The van der Waals surface area contributed by atoms with Crippen molar-refractivity contribution < 1.29 is 26.9 Å². The number of benzene rings is 2. The smallest absolute Gasteiger partial charge is 0.303 e. The number of nitrogens with zero attached hydrogens (tertiary/aromatic N) is 2. The highest BCUT2D eigenvalue weighted by Gasteiger charge is 2.26. The van der Waals surface area contributed by atoms with Crippen LogP contribution in [0, 0.1) is 13.8 Å². The number of aryl methyl sites for hydroxylation is 1. The summed E-state index contributed by atoms with van der Waals surface area (Å²) in [5.74, 6) is -1.59. The number of primary amides is 1. The first-order valence-corrected chi connectivity index (χ1v) is 11.1. The van der Waals surface area contributed by atoms with Gasteiger partial charge >= 0.3 is 5.91 Å². The first kappa shape index (κ1) is 22.0. The van der Waals surface area contributed by atoms with Crippen LogP contribution >= 0.6 is 0 Å². The first-order valence-electron chi connectivity index (χ1n) is 9.62. The predicted molar refractivity (Wildman–Crippen MR) is 117 cm³/mol. The summed E-state index contributed by atoms with van der Waals surface area (Å²) in [4.78, 5) is 27.6. The van der Waals surface area contributed by atoms with Gasteiger partial charge in [-0.3, -0.25) is 9.59 Å². The Morgan fingerprint density at radius 3 is 2.27 bits per heavy atom. The number of carbonyl (C=O) groups excluding carboxylic acids is 2. The highest BCUT2D eigenvalue weighted by Crippen LogP contribution is 2.29. The Morgan fingerprint density at radius 2 is 1.67 bits per heavy atom. The molecule has 4 aromatic rings. The van der Waals surface area contributed by atoms with Crippen molar-refractivity contribution in [2.45, 2.75) is 18.7 Å². The Balaban J connectivity index is 1.64. The SMILES string of the molecule is Cc1noc(C(=O)NS(=O)(=O)c2ccccc2-c2ccc(-c3nc(C(N)=O)co3)cc2)c1C. The lowest BCUT2D eigenvalue weighted by Crippen LogP contribution is -2.31. The molecule has 168 valence electrons. The maximum atomic E-state index is 13.0. The van der Waals surface area contributed by atoms with Crippen molar-refractivity contribution in [2.75, 3.05) is 0 Å². The van der Waals surface area contributed by atoms with Crippen molar-refractivity contribution in [3.05, 3.63) is 77.5 Å². The highest BCUT2D eigenvalue weighted by atomic mass is 32.2. The van der Waals surface area contributed by atoms with Crippen LogP contribution in [0.2, 0.25) is 0 Å². The minimum Gasteiger partial charge on any atom is -0.444 e. The van der Waals surface area contributed by atoms with Gasteiger partial charge < -0.3 is 14.7 Å². The zero-order valence-electron chi connectivity index (χ0n) is 17.5. The van der Waals surface area contributed by atoms with E-state index in [9.17, 15) is 18.0 Å². The average Bonchev–Trinajstić information content (AvgIpc) is 3.41. The van der Waals surface area contributed by atoms with Gasteiger partial charge in [-0.2, -0.15) is 0 Å². The molecule has 0 radical (unpaired) electrons. The molecular formula is C22H18N4O6S. The van der Waals surface area contributed by atoms with E-state index in [4.69, 9.17) is 14.7 Å². The van der Waals surface area contributed by atoms with Crippen LogP contribution in [0.4, 0.5) is 0 Å². The van der Waals surface area contributed by atoms with Gasteiger partial charge in [0.2, 0.25) is 11.7 Å². The lowest BCUT2D eigenvalue weighted by molar-refractivity contribution is 0.0943. The second-order valence-electron chi connectivity index (χ2n) is 7.13. The zero-order valence-corrected chi connectivity index (χ0v) is 18.3. The van der Waals surface area contributed by atoms with Crippen molar-refractivity contribution in [1.82, 2.24) is 14.9 Å². The number of amides is 2. The Morgan fingerprint density at radius 1 is 1.00 bits per heavy atom. The summed E-state index contributed by atoms with van der Waals surface area (Å²) in [6.07, 6.45) is 1.16. The van der Waals surface area contributed by atoms with E-state index in [0.29, 0.717) is 27.9 Å². The summed E-state index contributed by atoms with van der Waals surface area (Å²) < 4.78 is 38.3. The summed E-state index contributed by atoms with van der Waals surface area (Å²) in [7, 11) is -4.23. The van der Waals surface area contributed by atoms with Gasteiger partial charge in [-0.25, -0.2) is 18.1 Å². The van der Waals surface area contributed by atoms with E-state index in [1.807, 2.05) is 4.72 Å². The molecule has 0 unspecified atom stereocenters. The molecule has 0 aliphatic rings. The van der Waals surface area contributed by atoms with E-state index in [2.05, 4.69) is 10.1 Å². The number of sulfonamides is 1. The van der Waals surface area contributed by atoms with Crippen LogP contribution in [0.3, 0.4) is 0 Å².